The maximum absolute atomic E-state index is 5.76. The maximum Gasteiger partial charge on any atom is 0.223 e. The normalized spacial score (nSPS) is 10.6. The summed E-state index contributed by atoms with van der Waals surface area (Å²) in [4.78, 5) is 4.19. The lowest BCUT2D eigenvalue weighted by Gasteiger charge is -2.07. The lowest BCUT2D eigenvalue weighted by Crippen LogP contribution is -1.95. The molecule has 3 rings (SSSR count). The third kappa shape index (κ3) is 3.49. The Morgan fingerprint density at radius 3 is 2.62 bits per heavy atom. The predicted octanol–water partition coefficient (Wildman–Crippen LogP) is 4.39. The van der Waals surface area contributed by atoms with Crippen LogP contribution in [0.4, 0.5) is 0 Å². The first-order valence-corrected chi connectivity index (χ1v) is 7.28. The molecule has 0 saturated heterocycles. The second-order valence-corrected chi connectivity index (χ2v) is 5.50. The zero-order chi connectivity index (χ0) is 14.7. The van der Waals surface area contributed by atoms with E-state index < -0.39 is 0 Å². The van der Waals surface area contributed by atoms with Gasteiger partial charge in [-0.3, -0.25) is 0 Å². The van der Waals surface area contributed by atoms with Crippen molar-refractivity contribution in [2.75, 3.05) is 0 Å². The molecule has 0 aliphatic carbocycles. The first kappa shape index (κ1) is 13.8. The molecule has 0 fully saturated rings. The number of aryl methyl sites for hydroxylation is 1. The van der Waals surface area contributed by atoms with E-state index >= 15 is 0 Å². The van der Waals surface area contributed by atoms with Gasteiger partial charge in [0.1, 0.15) is 12.4 Å². The molecule has 1 heterocycles. The van der Waals surface area contributed by atoms with Gasteiger partial charge in [0.25, 0.3) is 0 Å². The Morgan fingerprint density at radius 1 is 1.14 bits per heavy atom. The highest BCUT2D eigenvalue weighted by atomic mass is 79.9. The van der Waals surface area contributed by atoms with Gasteiger partial charge in [0.15, 0.2) is 0 Å². The minimum atomic E-state index is 0.528. The van der Waals surface area contributed by atoms with Crippen LogP contribution in [0.15, 0.2) is 57.5 Å². The number of hydrogen-bond donors (Lipinski definition) is 0. The van der Waals surface area contributed by atoms with Crippen molar-refractivity contribution in [1.29, 1.82) is 0 Å². The molecule has 0 aliphatic rings. The van der Waals surface area contributed by atoms with Gasteiger partial charge in [-0.1, -0.05) is 33.2 Å². The van der Waals surface area contributed by atoms with Crippen molar-refractivity contribution >= 4 is 15.9 Å². The number of halogens is 1. The summed E-state index contributed by atoms with van der Waals surface area (Å²) in [6.45, 7) is 2.30. The van der Waals surface area contributed by atoms with E-state index in [0.29, 0.717) is 18.3 Å². The van der Waals surface area contributed by atoms with Crippen molar-refractivity contribution in [3.05, 3.63) is 64.5 Å². The average molecular weight is 345 g/mol. The monoisotopic (exact) mass is 344 g/mol. The highest BCUT2D eigenvalue weighted by Gasteiger charge is 2.05. The van der Waals surface area contributed by atoms with Gasteiger partial charge in [-0.15, -0.1) is 0 Å². The van der Waals surface area contributed by atoms with Crippen LogP contribution in [0.2, 0.25) is 0 Å². The Morgan fingerprint density at radius 2 is 1.95 bits per heavy atom. The SMILES string of the molecule is Cc1nc(-c2ccc(OCc3cccc(Br)c3)cc2)no1. The first-order chi connectivity index (χ1) is 10.2. The zero-order valence-electron chi connectivity index (χ0n) is 11.4. The second-order valence-electron chi connectivity index (χ2n) is 4.58. The van der Waals surface area contributed by atoms with Crippen LogP contribution in [-0.2, 0) is 6.61 Å². The van der Waals surface area contributed by atoms with Gasteiger partial charge in [0.05, 0.1) is 0 Å². The smallest absolute Gasteiger partial charge is 0.223 e. The highest BCUT2D eigenvalue weighted by molar-refractivity contribution is 9.10. The molecular weight excluding hydrogens is 332 g/mol. The summed E-state index contributed by atoms with van der Waals surface area (Å²) in [6, 6.07) is 15.7. The third-order valence-corrected chi connectivity index (χ3v) is 3.43. The molecule has 4 nitrogen and oxygen atoms in total. The molecule has 0 saturated carbocycles. The second kappa shape index (κ2) is 6.10. The maximum atomic E-state index is 5.76. The molecule has 3 aromatic rings. The Balaban J connectivity index is 1.67. The van der Waals surface area contributed by atoms with Crippen molar-refractivity contribution in [3.8, 4) is 17.1 Å². The fraction of sp³-hybridized carbons (Fsp3) is 0.125. The van der Waals surface area contributed by atoms with Crippen molar-refractivity contribution in [1.82, 2.24) is 10.1 Å². The molecule has 0 N–H and O–H groups in total. The minimum Gasteiger partial charge on any atom is -0.489 e. The van der Waals surface area contributed by atoms with E-state index in [1.165, 1.54) is 0 Å². The summed E-state index contributed by atoms with van der Waals surface area (Å²) in [5.74, 6) is 1.95. The Bertz CT molecular complexity index is 738. The van der Waals surface area contributed by atoms with Crippen molar-refractivity contribution in [2.24, 2.45) is 0 Å². The fourth-order valence-electron chi connectivity index (χ4n) is 1.91. The average Bonchev–Trinajstić information content (AvgIpc) is 2.92. The van der Waals surface area contributed by atoms with Crippen LogP contribution in [-0.4, -0.2) is 10.1 Å². The lowest BCUT2D eigenvalue weighted by molar-refractivity contribution is 0.306. The zero-order valence-corrected chi connectivity index (χ0v) is 13.0. The van der Waals surface area contributed by atoms with E-state index in [1.54, 1.807) is 6.92 Å². The van der Waals surface area contributed by atoms with Gasteiger partial charge in [-0.05, 0) is 42.0 Å². The standard InChI is InChI=1S/C16H13BrN2O2/c1-11-18-16(19-21-11)13-5-7-15(8-6-13)20-10-12-3-2-4-14(17)9-12/h2-9H,10H2,1H3. The van der Waals surface area contributed by atoms with E-state index in [2.05, 4.69) is 26.1 Å². The van der Waals surface area contributed by atoms with Crippen molar-refractivity contribution < 1.29 is 9.26 Å². The van der Waals surface area contributed by atoms with Crippen LogP contribution < -0.4 is 4.74 Å². The summed E-state index contributed by atoms with van der Waals surface area (Å²) >= 11 is 3.45. The number of ether oxygens (including phenoxy) is 1. The molecule has 0 bridgehead atoms. The molecule has 0 radical (unpaired) electrons. The summed E-state index contributed by atoms with van der Waals surface area (Å²) in [5.41, 5.74) is 2.02. The molecule has 0 amide bonds. The Labute approximate surface area is 130 Å². The number of aromatic nitrogens is 2. The minimum absolute atomic E-state index is 0.528. The van der Waals surface area contributed by atoms with Crippen LogP contribution in [0.1, 0.15) is 11.5 Å². The van der Waals surface area contributed by atoms with E-state index in [9.17, 15) is 0 Å². The number of hydrogen-bond acceptors (Lipinski definition) is 4. The summed E-state index contributed by atoms with van der Waals surface area (Å²) in [5, 5.41) is 3.89. The van der Waals surface area contributed by atoms with Crippen LogP contribution in [0.25, 0.3) is 11.4 Å². The lowest BCUT2D eigenvalue weighted by atomic mass is 10.2. The molecule has 21 heavy (non-hydrogen) atoms. The molecule has 0 atom stereocenters. The predicted molar refractivity (Wildman–Crippen MR) is 82.9 cm³/mol. The number of benzene rings is 2. The van der Waals surface area contributed by atoms with E-state index in [4.69, 9.17) is 9.26 Å². The van der Waals surface area contributed by atoms with Gasteiger partial charge in [-0.2, -0.15) is 4.98 Å². The van der Waals surface area contributed by atoms with E-state index in [-0.39, 0.29) is 0 Å². The highest BCUT2D eigenvalue weighted by Crippen LogP contribution is 2.21. The molecule has 1 aromatic heterocycles. The van der Waals surface area contributed by atoms with Gasteiger partial charge in [-0.25, -0.2) is 0 Å². The fourth-order valence-corrected chi connectivity index (χ4v) is 2.36. The number of nitrogens with zero attached hydrogens (tertiary/aromatic N) is 2. The Hall–Kier alpha value is -2.14. The quantitative estimate of drug-likeness (QED) is 0.704. The molecule has 2 aromatic carbocycles. The topological polar surface area (TPSA) is 48.2 Å². The van der Waals surface area contributed by atoms with Crippen molar-refractivity contribution in [3.63, 3.8) is 0 Å². The first-order valence-electron chi connectivity index (χ1n) is 6.49. The molecule has 0 spiro atoms. The van der Waals surface area contributed by atoms with Crippen LogP contribution >= 0.6 is 15.9 Å². The van der Waals surface area contributed by atoms with E-state index in [1.807, 2.05) is 48.5 Å². The summed E-state index contributed by atoms with van der Waals surface area (Å²) in [6.07, 6.45) is 0. The molecule has 5 heteroatoms. The largest absolute Gasteiger partial charge is 0.489 e. The summed E-state index contributed by atoms with van der Waals surface area (Å²) in [7, 11) is 0. The third-order valence-electron chi connectivity index (χ3n) is 2.93. The van der Waals surface area contributed by atoms with E-state index in [0.717, 1.165) is 21.3 Å². The Kier molecular flexibility index (Phi) is 4.01. The van der Waals surface area contributed by atoms with Crippen molar-refractivity contribution in [2.45, 2.75) is 13.5 Å². The van der Waals surface area contributed by atoms with Gasteiger partial charge >= 0.3 is 0 Å². The molecular formula is C16H13BrN2O2. The van der Waals surface area contributed by atoms with Crippen LogP contribution in [0.3, 0.4) is 0 Å². The molecule has 0 unspecified atom stereocenters. The molecule has 0 aliphatic heterocycles. The van der Waals surface area contributed by atoms with Crippen LogP contribution in [0, 0.1) is 6.92 Å². The molecule has 106 valence electrons. The number of rotatable bonds is 4. The van der Waals surface area contributed by atoms with Crippen LogP contribution in [0.5, 0.6) is 5.75 Å². The van der Waals surface area contributed by atoms with Gasteiger partial charge in [0, 0.05) is 17.0 Å². The van der Waals surface area contributed by atoms with Gasteiger partial charge < -0.3 is 9.26 Å². The summed E-state index contributed by atoms with van der Waals surface area (Å²) < 4.78 is 11.8. The van der Waals surface area contributed by atoms with Gasteiger partial charge in [0.2, 0.25) is 11.7 Å².